The SMILES string of the molecule is COc1ccc2cc([C@H](C)C(=O)Nc3ccc(-n4cnnn4)cc3)ccc2c1. The van der Waals surface area contributed by atoms with Gasteiger partial charge < -0.3 is 10.1 Å². The summed E-state index contributed by atoms with van der Waals surface area (Å²) in [6.45, 7) is 1.90. The zero-order valence-electron chi connectivity index (χ0n) is 15.5. The molecule has 0 aliphatic carbocycles. The smallest absolute Gasteiger partial charge is 0.231 e. The van der Waals surface area contributed by atoms with E-state index < -0.39 is 0 Å². The standard InChI is InChI=1S/C21H19N5O2/c1-14(15-3-4-17-12-20(28-2)10-5-16(17)11-15)21(27)23-18-6-8-19(9-7-18)26-13-22-24-25-26/h3-14H,1-2H3,(H,23,27)/t14-/m0/s1. The van der Waals surface area contributed by atoms with Crippen molar-refractivity contribution in [1.82, 2.24) is 20.2 Å². The first-order valence-electron chi connectivity index (χ1n) is 8.86. The zero-order chi connectivity index (χ0) is 19.5. The number of aromatic nitrogens is 4. The molecule has 0 aliphatic heterocycles. The molecule has 140 valence electrons. The van der Waals surface area contributed by atoms with Crippen LogP contribution in [0.15, 0.2) is 67.0 Å². The average molecular weight is 373 g/mol. The Bertz CT molecular complexity index is 1110. The molecular weight excluding hydrogens is 354 g/mol. The van der Waals surface area contributed by atoms with Gasteiger partial charge in [-0.15, -0.1) is 5.10 Å². The maximum absolute atomic E-state index is 12.7. The van der Waals surface area contributed by atoms with Gasteiger partial charge in [0.2, 0.25) is 5.91 Å². The van der Waals surface area contributed by atoms with E-state index in [9.17, 15) is 4.79 Å². The highest BCUT2D eigenvalue weighted by molar-refractivity contribution is 5.96. The molecule has 1 N–H and O–H groups in total. The van der Waals surface area contributed by atoms with Crippen LogP contribution in [0.4, 0.5) is 5.69 Å². The number of benzene rings is 3. The minimum Gasteiger partial charge on any atom is -0.497 e. The first kappa shape index (κ1) is 17.7. The Morgan fingerprint density at radius 1 is 1.04 bits per heavy atom. The maximum atomic E-state index is 12.7. The molecule has 4 aromatic rings. The predicted molar refractivity (Wildman–Crippen MR) is 107 cm³/mol. The minimum atomic E-state index is -0.286. The highest BCUT2D eigenvalue weighted by Gasteiger charge is 2.16. The maximum Gasteiger partial charge on any atom is 0.231 e. The molecule has 28 heavy (non-hydrogen) atoms. The lowest BCUT2D eigenvalue weighted by molar-refractivity contribution is -0.117. The van der Waals surface area contributed by atoms with Gasteiger partial charge in [0, 0.05) is 5.69 Å². The third-order valence-electron chi connectivity index (χ3n) is 4.71. The number of nitrogens with one attached hydrogen (secondary N) is 1. The predicted octanol–water partition coefficient (Wildman–Crippen LogP) is 3.57. The Morgan fingerprint density at radius 3 is 2.50 bits per heavy atom. The third kappa shape index (κ3) is 3.55. The molecule has 3 aromatic carbocycles. The number of amides is 1. The highest BCUT2D eigenvalue weighted by Crippen LogP contribution is 2.26. The molecule has 1 atom stereocenters. The molecule has 7 heteroatoms. The Kier molecular flexibility index (Phi) is 4.72. The summed E-state index contributed by atoms with van der Waals surface area (Å²) in [5, 5.41) is 16.2. The Balaban J connectivity index is 1.49. The second-order valence-corrected chi connectivity index (χ2v) is 6.48. The van der Waals surface area contributed by atoms with Gasteiger partial charge in [-0.3, -0.25) is 4.79 Å². The summed E-state index contributed by atoms with van der Waals surface area (Å²) in [6, 6.07) is 19.3. The first-order valence-corrected chi connectivity index (χ1v) is 8.86. The summed E-state index contributed by atoms with van der Waals surface area (Å²) < 4.78 is 6.81. The van der Waals surface area contributed by atoms with Gasteiger partial charge in [0.05, 0.1) is 18.7 Å². The molecule has 1 heterocycles. The highest BCUT2D eigenvalue weighted by atomic mass is 16.5. The van der Waals surface area contributed by atoms with E-state index in [0.29, 0.717) is 0 Å². The largest absolute Gasteiger partial charge is 0.497 e. The van der Waals surface area contributed by atoms with E-state index in [1.165, 1.54) is 6.33 Å². The summed E-state index contributed by atoms with van der Waals surface area (Å²) in [5.41, 5.74) is 2.50. The summed E-state index contributed by atoms with van der Waals surface area (Å²) in [7, 11) is 1.65. The molecule has 0 spiro atoms. The lowest BCUT2D eigenvalue weighted by Gasteiger charge is -2.14. The summed E-state index contributed by atoms with van der Waals surface area (Å²) in [4.78, 5) is 12.7. The van der Waals surface area contributed by atoms with Gasteiger partial charge in [-0.2, -0.15) is 0 Å². The number of carbonyl (C=O) groups is 1. The van der Waals surface area contributed by atoms with E-state index in [2.05, 4.69) is 20.8 Å². The van der Waals surface area contributed by atoms with Crippen LogP contribution in [0.3, 0.4) is 0 Å². The number of methoxy groups -OCH3 is 1. The Morgan fingerprint density at radius 2 is 1.79 bits per heavy atom. The van der Waals surface area contributed by atoms with Crippen molar-refractivity contribution in [3.8, 4) is 11.4 Å². The van der Waals surface area contributed by atoms with Crippen LogP contribution in [-0.4, -0.2) is 33.2 Å². The molecule has 7 nitrogen and oxygen atoms in total. The fourth-order valence-corrected chi connectivity index (χ4v) is 3.02. The third-order valence-corrected chi connectivity index (χ3v) is 4.71. The normalized spacial score (nSPS) is 11.9. The lowest BCUT2D eigenvalue weighted by Crippen LogP contribution is -2.18. The van der Waals surface area contributed by atoms with Crippen LogP contribution in [-0.2, 0) is 4.79 Å². The topological polar surface area (TPSA) is 81.9 Å². The van der Waals surface area contributed by atoms with E-state index in [1.54, 1.807) is 11.8 Å². The fraction of sp³-hybridized carbons (Fsp3) is 0.143. The average Bonchev–Trinajstić information content (AvgIpc) is 3.28. The van der Waals surface area contributed by atoms with E-state index in [4.69, 9.17) is 4.74 Å². The number of tetrazole rings is 1. The van der Waals surface area contributed by atoms with Crippen LogP contribution in [0.2, 0.25) is 0 Å². The van der Waals surface area contributed by atoms with E-state index in [1.807, 2.05) is 67.6 Å². The number of hydrogen-bond donors (Lipinski definition) is 1. The van der Waals surface area contributed by atoms with Crippen molar-refractivity contribution in [2.45, 2.75) is 12.8 Å². The first-order chi connectivity index (χ1) is 13.6. The number of hydrogen-bond acceptors (Lipinski definition) is 5. The minimum absolute atomic E-state index is 0.0666. The van der Waals surface area contributed by atoms with Gasteiger partial charge >= 0.3 is 0 Å². The summed E-state index contributed by atoms with van der Waals surface area (Å²) in [6.07, 6.45) is 1.52. The van der Waals surface area contributed by atoms with Gasteiger partial charge in [0.1, 0.15) is 12.1 Å². The molecule has 4 rings (SSSR count). The molecule has 0 aliphatic rings. The quantitative estimate of drug-likeness (QED) is 0.578. The molecule has 0 saturated heterocycles. The van der Waals surface area contributed by atoms with E-state index in [0.717, 1.165) is 33.5 Å². The van der Waals surface area contributed by atoms with Gasteiger partial charge in [-0.05, 0) is 70.1 Å². The monoisotopic (exact) mass is 373 g/mol. The van der Waals surface area contributed by atoms with Gasteiger partial charge in [-0.1, -0.05) is 24.3 Å². The van der Waals surface area contributed by atoms with Gasteiger partial charge in [0.25, 0.3) is 0 Å². The van der Waals surface area contributed by atoms with Crippen LogP contribution in [0, 0.1) is 0 Å². The van der Waals surface area contributed by atoms with Gasteiger partial charge in [0.15, 0.2) is 0 Å². The van der Waals surface area contributed by atoms with Crippen LogP contribution >= 0.6 is 0 Å². The lowest BCUT2D eigenvalue weighted by atomic mass is 9.97. The van der Waals surface area contributed by atoms with Crippen molar-refractivity contribution >= 4 is 22.4 Å². The summed E-state index contributed by atoms with van der Waals surface area (Å²) in [5.74, 6) is 0.463. The Hall–Kier alpha value is -3.74. The number of nitrogens with zero attached hydrogens (tertiary/aromatic N) is 4. The van der Waals surface area contributed by atoms with Gasteiger partial charge in [-0.25, -0.2) is 4.68 Å². The molecule has 1 aromatic heterocycles. The van der Waals surface area contributed by atoms with Crippen molar-refractivity contribution in [1.29, 1.82) is 0 Å². The number of fused-ring (bicyclic) bond motifs is 1. The van der Waals surface area contributed by atoms with Crippen LogP contribution in [0.25, 0.3) is 16.5 Å². The molecule has 1 amide bonds. The van der Waals surface area contributed by atoms with Crippen LogP contribution in [0.1, 0.15) is 18.4 Å². The number of carbonyl (C=O) groups excluding carboxylic acids is 1. The number of anilines is 1. The van der Waals surface area contributed by atoms with Crippen LogP contribution in [0.5, 0.6) is 5.75 Å². The zero-order valence-corrected chi connectivity index (χ0v) is 15.5. The molecule has 0 saturated carbocycles. The van der Waals surface area contributed by atoms with E-state index in [-0.39, 0.29) is 11.8 Å². The molecule has 0 unspecified atom stereocenters. The van der Waals surface area contributed by atoms with Crippen molar-refractivity contribution in [2.24, 2.45) is 0 Å². The molecule has 0 radical (unpaired) electrons. The Labute approximate surface area is 161 Å². The van der Waals surface area contributed by atoms with Crippen LogP contribution < -0.4 is 10.1 Å². The molecule has 0 bridgehead atoms. The van der Waals surface area contributed by atoms with Crippen molar-refractivity contribution in [3.63, 3.8) is 0 Å². The molecule has 0 fully saturated rings. The molecular formula is C21H19N5O2. The number of rotatable bonds is 5. The second kappa shape index (κ2) is 7.48. The van der Waals surface area contributed by atoms with Crippen molar-refractivity contribution in [3.05, 3.63) is 72.6 Å². The number of ether oxygens (including phenoxy) is 1. The van der Waals surface area contributed by atoms with Crippen molar-refractivity contribution < 1.29 is 9.53 Å². The fourth-order valence-electron chi connectivity index (χ4n) is 3.02. The summed E-state index contributed by atoms with van der Waals surface area (Å²) >= 11 is 0. The second-order valence-electron chi connectivity index (χ2n) is 6.48. The van der Waals surface area contributed by atoms with E-state index >= 15 is 0 Å². The van der Waals surface area contributed by atoms with Crippen molar-refractivity contribution in [2.75, 3.05) is 12.4 Å².